The lowest BCUT2D eigenvalue weighted by Gasteiger charge is -2.38. The average molecular weight is 445 g/mol. The molecule has 1 aromatic heterocycles. The molecule has 4 heteroatoms. The van der Waals surface area contributed by atoms with Crippen LogP contribution in [0.4, 0.5) is 0 Å². The highest BCUT2D eigenvalue weighted by molar-refractivity contribution is 5.95. The number of carbonyl (C=O) groups is 1. The zero-order chi connectivity index (χ0) is 23.3. The van der Waals surface area contributed by atoms with Gasteiger partial charge in [0.2, 0.25) is 0 Å². The molecule has 34 heavy (non-hydrogen) atoms. The molecule has 0 bridgehead atoms. The lowest BCUT2D eigenvalue weighted by Crippen LogP contribution is -2.40. The van der Waals surface area contributed by atoms with Gasteiger partial charge in [-0.15, -0.1) is 0 Å². The van der Waals surface area contributed by atoms with Gasteiger partial charge in [-0.3, -0.25) is 4.79 Å². The second kappa shape index (κ2) is 9.64. The molecule has 0 saturated heterocycles. The third-order valence-corrected chi connectivity index (χ3v) is 6.10. The minimum atomic E-state index is -0.135. The molecule has 0 aliphatic carbocycles. The first kappa shape index (κ1) is 21.5. The van der Waals surface area contributed by atoms with Gasteiger partial charge in [0.15, 0.2) is 0 Å². The van der Waals surface area contributed by atoms with Crippen LogP contribution in [0, 0.1) is 11.8 Å². The van der Waals surface area contributed by atoms with Gasteiger partial charge in [0.05, 0.1) is 18.7 Å². The van der Waals surface area contributed by atoms with Crippen LogP contribution >= 0.6 is 0 Å². The summed E-state index contributed by atoms with van der Waals surface area (Å²) >= 11 is 0. The van der Waals surface area contributed by atoms with E-state index in [1.54, 1.807) is 13.3 Å². The summed E-state index contributed by atoms with van der Waals surface area (Å²) in [5.41, 5.74) is 5.48. The van der Waals surface area contributed by atoms with E-state index in [1.165, 1.54) is 11.1 Å². The Balaban J connectivity index is 1.53. The number of ether oxygens (including phenoxy) is 1. The molecule has 0 spiro atoms. The highest BCUT2D eigenvalue weighted by atomic mass is 16.5. The molecular formula is C30H24N2O2. The van der Waals surface area contributed by atoms with E-state index in [1.807, 2.05) is 65.6 Å². The third kappa shape index (κ3) is 4.29. The molecule has 166 valence electrons. The van der Waals surface area contributed by atoms with Gasteiger partial charge in [0.25, 0.3) is 5.91 Å². The Morgan fingerprint density at radius 2 is 1.74 bits per heavy atom. The highest BCUT2D eigenvalue weighted by Gasteiger charge is 2.32. The van der Waals surface area contributed by atoms with Crippen molar-refractivity contribution in [3.05, 3.63) is 131 Å². The SMILES string of the molecule is COc1ccc(C(=O)N2CCc3ccccc3[C@H]2c2ccccc2)cc1C#Cc1ccccn1. The molecule has 0 unspecified atom stereocenters. The van der Waals surface area contributed by atoms with Crippen LogP contribution in [0.3, 0.4) is 0 Å². The molecule has 2 heterocycles. The van der Waals surface area contributed by atoms with Crippen molar-refractivity contribution in [2.24, 2.45) is 0 Å². The number of carbonyl (C=O) groups excluding carboxylic acids is 1. The van der Waals surface area contributed by atoms with Gasteiger partial charge in [-0.25, -0.2) is 4.98 Å². The van der Waals surface area contributed by atoms with Crippen LogP contribution in [0.25, 0.3) is 0 Å². The van der Waals surface area contributed by atoms with E-state index in [4.69, 9.17) is 4.74 Å². The quantitative estimate of drug-likeness (QED) is 0.404. The Kier molecular flexibility index (Phi) is 6.09. The van der Waals surface area contributed by atoms with E-state index in [0.717, 1.165) is 12.0 Å². The second-order valence-electron chi connectivity index (χ2n) is 8.14. The second-order valence-corrected chi connectivity index (χ2v) is 8.14. The maximum atomic E-state index is 13.8. The number of aromatic nitrogens is 1. The predicted octanol–water partition coefficient (Wildman–Crippen LogP) is 5.28. The number of hydrogen-bond acceptors (Lipinski definition) is 3. The van der Waals surface area contributed by atoms with E-state index in [9.17, 15) is 4.79 Å². The molecule has 5 rings (SSSR count). The van der Waals surface area contributed by atoms with E-state index in [2.05, 4.69) is 47.2 Å². The molecule has 0 radical (unpaired) electrons. The van der Waals surface area contributed by atoms with Gasteiger partial charge in [0.1, 0.15) is 11.4 Å². The van der Waals surface area contributed by atoms with Crippen LogP contribution < -0.4 is 4.74 Å². The minimum absolute atomic E-state index is 0.0214. The maximum absolute atomic E-state index is 13.8. The van der Waals surface area contributed by atoms with E-state index in [-0.39, 0.29) is 11.9 Å². The molecule has 1 atom stereocenters. The number of hydrogen-bond donors (Lipinski definition) is 0. The van der Waals surface area contributed by atoms with Crippen LogP contribution in [-0.4, -0.2) is 29.4 Å². The number of amides is 1. The van der Waals surface area contributed by atoms with Gasteiger partial charge < -0.3 is 9.64 Å². The fraction of sp³-hybridized carbons (Fsp3) is 0.133. The van der Waals surface area contributed by atoms with Crippen molar-refractivity contribution in [1.29, 1.82) is 0 Å². The summed E-state index contributed by atoms with van der Waals surface area (Å²) in [6.45, 7) is 0.649. The summed E-state index contributed by atoms with van der Waals surface area (Å²) in [4.78, 5) is 20.1. The van der Waals surface area contributed by atoms with E-state index < -0.39 is 0 Å². The van der Waals surface area contributed by atoms with Crippen LogP contribution in [0.15, 0.2) is 97.2 Å². The minimum Gasteiger partial charge on any atom is -0.495 e. The number of pyridine rings is 1. The molecule has 4 aromatic rings. The van der Waals surface area contributed by atoms with Gasteiger partial charge in [-0.2, -0.15) is 0 Å². The van der Waals surface area contributed by atoms with Crippen molar-refractivity contribution in [1.82, 2.24) is 9.88 Å². The lowest BCUT2D eigenvalue weighted by molar-refractivity contribution is 0.0694. The third-order valence-electron chi connectivity index (χ3n) is 6.10. The van der Waals surface area contributed by atoms with Crippen molar-refractivity contribution in [3.63, 3.8) is 0 Å². The molecule has 0 saturated carbocycles. The topological polar surface area (TPSA) is 42.4 Å². The van der Waals surface area contributed by atoms with Crippen molar-refractivity contribution >= 4 is 5.91 Å². The first-order chi connectivity index (χ1) is 16.7. The summed E-state index contributed by atoms with van der Waals surface area (Å²) in [5.74, 6) is 6.80. The van der Waals surface area contributed by atoms with Crippen LogP contribution in [0.1, 0.15) is 44.3 Å². The molecular weight excluding hydrogens is 420 g/mol. The molecule has 3 aromatic carbocycles. The Labute approximate surface area is 199 Å². The van der Waals surface area contributed by atoms with Crippen LogP contribution in [0.2, 0.25) is 0 Å². The van der Waals surface area contributed by atoms with Gasteiger partial charge in [0, 0.05) is 18.3 Å². The normalized spacial score (nSPS) is 14.5. The molecule has 0 fully saturated rings. The van der Waals surface area contributed by atoms with E-state index >= 15 is 0 Å². The summed E-state index contributed by atoms with van der Waals surface area (Å²) in [7, 11) is 1.61. The van der Waals surface area contributed by atoms with Crippen LogP contribution in [0.5, 0.6) is 5.75 Å². The Morgan fingerprint density at radius 1 is 0.941 bits per heavy atom. The van der Waals surface area contributed by atoms with Crippen molar-refractivity contribution < 1.29 is 9.53 Å². The number of benzene rings is 3. The molecule has 4 nitrogen and oxygen atoms in total. The summed E-state index contributed by atoms with van der Waals surface area (Å²) in [6, 6.07) is 29.5. The molecule has 0 N–H and O–H groups in total. The zero-order valence-corrected chi connectivity index (χ0v) is 18.9. The summed E-state index contributed by atoms with van der Waals surface area (Å²) < 4.78 is 5.50. The fourth-order valence-electron chi connectivity index (χ4n) is 4.45. The number of rotatable bonds is 3. The van der Waals surface area contributed by atoms with Crippen molar-refractivity contribution in [3.8, 4) is 17.6 Å². The van der Waals surface area contributed by atoms with Gasteiger partial charge in [-0.1, -0.05) is 66.6 Å². The molecule has 1 aliphatic rings. The summed E-state index contributed by atoms with van der Waals surface area (Å²) in [5, 5.41) is 0. The first-order valence-corrected chi connectivity index (χ1v) is 11.3. The van der Waals surface area contributed by atoms with Gasteiger partial charge >= 0.3 is 0 Å². The van der Waals surface area contributed by atoms with Crippen molar-refractivity contribution in [2.75, 3.05) is 13.7 Å². The first-order valence-electron chi connectivity index (χ1n) is 11.3. The lowest BCUT2D eigenvalue weighted by atomic mass is 9.87. The van der Waals surface area contributed by atoms with Crippen LogP contribution in [-0.2, 0) is 6.42 Å². The largest absolute Gasteiger partial charge is 0.495 e. The Morgan fingerprint density at radius 3 is 2.53 bits per heavy atom. The standard InChI is InChI=1S/C30H24N2O2/c1-34-28-17-15-25(21-24(28)14-16-26-12-7-8-19-31-26)30(33)32-20-18-22-9-5-6-13-27(22)29(32)23-10-3-2-4-11-23/h2-13,15,17,19,21,29H,18,20H2,1H3/t29-/m1/s1. The fourth-order valence-corrected chi connectivity index (χ4v) is 4.45. The van der Waals surface area contributed by atoms with Crippen molar-refractivity contribution in [2.45, 2.75) is 12.5 Å². The molecule has 1 aliphatic heterocycles. The summed E-state index contributed by atoms with van der Waals surface area (Å²) in [6.07, 6.45) is 2.53. The van der Waals surface area contributed by atoms with E-state index in [0.29, 0.717) is 29.1 Å². The monoisotopic (exact) mass is 444 g/mol. The number of methoxy groups -OCH3 is 1. The average Bonchev–Trinajstić information content (AvgIpc) is 2.91. The highest BCUT2D eigenvalue weighted by Crippen LogP contribution is 2.36. The maximum Gasteiger partial charge on any atom is 0.254 e. The smallest absolute Gasteiger partial charge is 0.254 e. The predicted molar refractivity (Wildman–Crippen MR) is 133 cm³/mol. The zero-order valence-electron chi connectivity index (χ0n) is 18.9. The number of fused-ring (bicyclic) bond motifs is 1. The molecule has 1 amide bonds. The number of nitrogens with zero attached hydrogens (tertiary/aromatic N) is 2. The Bertz CT molecular complexity index is 1370. The Hall–Kier alpha value is -4.36. The van der Waals surface area contributed by atoms with Gasteiger partial charge in [-0.05, 0) is 59.4 Å².